The van der Waals surface area contributed by atoms with Crippen molar-refractivity contribution in [1.29, 1.82) is 0 Å². The Balaban J connectivity index is 2.04. The van der Waals surface area contributed by atoms with Crippen LogP contribution in [0.25, 0.3) is 0 Å². The molecule has 1 atom stereocenters. The highest BCUT2D eigenvalue weighted by atomic mass is 16.5. The fourth-order valence-electron chi connectivity index (χ4n) is 2.87. The molecule has 0 heterocycles. The highest BCUT2D eigenvalue weighted by Gasteiger charge is 2.21. The molecule has 1 aliphatic carbocycles. The van der Waals surface area contributed by atoms with Crippen molar-refractivity contribution < 1.29 is 19.4 Å². The van der Waals surface area contributed by atoms with Crippen molar-refractivity contribution in [2.75, 3.05) is 6.61 Å². The summed E-state index contributed by atoms with van der Waals surface area (Å²) in [7, 11) is 0. The van der Waals surface area contributed by atoms with Crippen molar-refractivity contribution in [1.82, 2.24) is 5.32 Å². The first-order valence-corrected chi connectivity index (χ1v) is 9.65. The van der Waals surface area contributed by atoms with Crippen molar-refractivity contribution in [2.45, 2.75) is 32.2 Å². The van der Waals surface area contributed by atoms with Crippen LogP contribution >= 0.6 is 0 Å². The fourth-order valence-corrected chi connectivity index (χ4v) is 2.87. The fraction of sp³-hybridized carbons (Fsp3) is 0.250. The molecule has 0 bridgehead atoms. The Morgan fingerprint density at radius 3 is 2.72 bits per heavy atom. The third-order valence-corrected chi connectivity index (χ3v) is 4.40. The number of aliphatic carboxylic acids is 1. The number of aryl methyl sites for hydroxylation is 1. The van der Waals surface area contributed by atoms with Crippen molar-refractivity contribution >= 4 is 11.9 Å². The minimum atomic E-state index is -1.04. The highest BCUT2D eigenvalue weighted by molar-refractivity contribution is 5.99. The quantitative estimate of drug-likeness (QED) is 0.463. The van der Waals surface area contributed by atoms with Crippen LogP contribution in [0.1, 0.15) is 25.3 Å². The molecule has 0 aliphatic heterocycles. The van der Waals surface area contributed by atoms with Gasteiger partial charge in [0.15, 0.2) is 0 Å². The predicted molar refractivity (Wildman–Crippen MR) is 114 cm³/mol. The molecule has 0 aromatic heterocycles. The van der Waals surface area contributed by atoms with Gasteiger partial charge in [-0.2, -0.15) is 0 Å². The Labute approximate surface area is 171 Å². The summed E-state index contributed by atoms with van der Waals surface area (Å²) in [5.74, 6) is -0.786. The predicted octanol–water partition coefficient (Wildman–Crippen LogP) is 4.11. The third-order valence-electron chi connectivity index (χ3n) is 4.40. The lowest BCUT2D eigenvalue weighted by molar-refractivity contribution is -0.141. The van der Waals surface area contributed by atoms with Crippen molar-refractivity contribution in [3.05, 3.63) is 95.8 Å². The van der Waals surface area contributed by atoms with Crippen LogP contribution in [-0.2, 0) is 20.7 Å². The molecule has 0 saturated carbocycles. The maximum Gasteiger partial charge on any atom is 0.326 e. The van der Waals surface area contributed by atoms with Gasteiger partial charge in [-0.25, -0.2) is 4.79 Å². The van der Waals surface area contributed by atoms with E-state index in [1.807, 2.05) is 49.4 Å². The van der Waals surface area contributed by atoms with Gasteiger partial charge in [0.05, 0.1) is 6.61 Å². The van der Waals surface area contributed by atoms with Gasteiger partial charge in [0, 0.05) is 5.57 Å². The molecule has 0 fully saturated rings. The standard InChI is InChI=1S/C24H27NO4/c1-3-21(29-4-2)15-13-19-11-8-12-20(17-19)23(26)25-22(24(27)28)16-14-18-9-6-5-7-10-18/h3,5-10,12-13,15,17,22H,1,4,11,14,16H2,2H3,(H,25,26)(H,27,28)/b19-13+,21-15+. The average Bonchev–Trinajstić information content (AvgIpc) is 2.74. The maximum absolute atomic E-state index is 12.6. The Hall–Kier alpha value is -3.34. The van der Waals surface area contributed by atoms with Gasteiger partial charge in [0.2, 0.25) is 0 Å². The number of hydrogen-bond donors (Lipinski definition) is 2. The monoisotopic (exact) mass is 393 g/mol. The summed E-state index contributed by atoms with van der Waals surface area (Å²) in [4.78, 5) is 24.2. The Morgan fingerprint density at radius 1 is 1.31 bits per heavy atom. The number of rotatable bonds is 10. The van der Waals surface area contributed by atoms with Crippen molar-refractivity contribution in [2.24, 2.45) is 0 Å². The molecule has 0 saturated heterocycles. The molecule has 2 rings (SSSR count). The normalized spacial score (nSPS) is 16.1. The highest BCUT2D eigenvalue weighted by Crippen LogP contribution is 2.17. The van der Waals surface area contributed by atoms with Gasteiger partial charge in [0.25, 0.3) is 5.91 Å². The van der Waals surface area contributed by atoms with E-state index in [0.29, 0.717) is 37.2 Å². The molecule has 5 heteroatoms. The molecule has 0 radical (unpaired) electrons. The van der Waals surface area contributed by atoms with Crippen LogP contribution in [0, 0.1) is 0 Å². The Kier molecular flexibility index (Phi) is 8.70. The topological polar surface area (TPSA) is 75.6 Å². The Morgan fingerprint density at radius 2 is 2.07 bits per heavy atom. The molecule has 1 aliphatic rings. The summed E-state index contributed by atoms with van der Waals surface area (Å²) in [6.07, 6.45) is 12.2. The first kappa shape index (κ1) is 22.0. The van der Waals surface area contributed by atoms with Crippen LogP contribution in [0.5, 0.6) is 0 Å². The van der Waals surface area contributed by atoms with Gasteiger partial charge >= 0.3 is 5.97 Å². The van der Waals surface area contributed by atoms with E-state index in [9.17, 15) is 14.7 Å². The summed E-state index contributed by atoms with van der Waals surface area (Å²) in [5, 5.41) is 12.1. The van der Waals surface area contributed by atoms with E-state index in [1.165, 1.54) is 0 Å². The summed E-state index contributed by atoms with van der Waals surface area (Å²) in [6, 6.07) is 8.67. The maximum atomic E-state index is 12.6. The van der Waals surface area contributed by atoms with Gasteiger partial charge in [-0.05, 0) is 55.6 Å². The first-order chi connectivity index (χ1) is 14.0. The number of benzene rings is 1. The van der Waals surface area contributed by atoms with E-state index < -0.39 is 17.9 Å². The minimum Gasteiger partial charge on any atom is -0.494 e. The van der Waals surface area contributed by atoms with E-state index in [0.717, 1.165) is 11.1 Å². The molecule has 152 valence electrons. The van der Waals surface area contributed by atoms with Gasteiger partial charge in [-0.1, -0.05) is 55.1 Å². The number of carbonyl (C=O) groups excluding carboxylic acids is 1. The number of nitrogens with one attached hydrogen (secondary N) is 1. The van der Waals surface area contributed by atoms with E-state index in [1.54, 1.807) is 24.3 Å². The van der Waals surface area contributed by atoms with Crippen LogP contribution in [0.2, 0.25) is 0 Å². The van der Waals surface area contributed by atoms with E-state index >= 15 is 0 Å². The first-order valence-electron chi connectivity index (χ1n) is 9.65. The van der Waals surface area contributed by atoms with Gasteiger partial charge < -0.3 is 15.2 Å². The zero-order chi connectivity index (χ0) is 21.1. The molecule has 0 spiro atoms. The van der Waals surface area contributed by atoms with Crippen molar-refractivity contribution in [3.63, 3.8) is 0 Å². The molecule has 1 amide bonds. The van der Waals surface area contributed by atoms with Crippen LogP contribution in [-0.4, -0.2) is 29.6 Å². The largest absolute Gasteiger partial charge is 0.494 e. The molecule has 1 aromatic carbocycles. The van der Waals surface area contributed by atoms with Crippen LogP contribution < -0.4 is 5.32 Å². The number of carbonyl (C=O) groups is 2. The van der Waals surface area contributed by atoms with E-state index in [4.69, 9.17) is 4.74 Å². The van der Waals surface area contributed by atoms with E-state index in [-0.39, 0.29) is 0 Å². The van der Waals surface area contributed by atoms with Gasteiger partial charge in [-0.15, -0.1) is 0 Å². The zero-order valence-electron chi connectivity index (χ0n) is 16.6. The number of ether oxygens (including phenoxy) is 1. The molecule has 5 nitrogen and oxygen atoms in total. The van der Waals surface area contributed by atoms with Crippen LogP contribution in [0.4, 0.5) is 0 Å². The average molecular weight is 393 g/mol. The molecule has 1 unspecified atom stereocenters. The molecule has 29 heavy (non-hydrogen) atoms. The van der Waals surface area contributed by atoms with Crippen molar-refractivity contribution in [3.8, 4) is 0 Å². The number of allylic oxidation sites excluding steroid dienone is 6. The van der Waals surface area contributed by atoms with Gasteiger partial charge in [0.1, 0.15) is 11.8 Å². The Bertz CT molecular complexity index is 847. The number of carboxylic acid groups (broad SMARTS) is 1. The SMILES string of the molecule is C=C/C(=C\C=C1\C=C(C(=O)NC(CCc2ccccc2)C(=O)O)C=CC1)OCC. The number of amides is 1. The number of carboxylic acids is 1. The lowest BCUT2D eigenvalue weighted by Gasteiger charge is -2.16. The summed E-state index contributed by atoms with van der Waals surface area (Å²) in [6.45, 7) is 6.14. The smallest absolute Gasteiger partial charge is 0.326 e. The summed E-state index contributed by atoms with van der Waals surface area (Å²) >= 11 is 0. The lowest BCUT2D eigenvalue weighted by atomic mass is 10.00. The zero-order valence-corrected chi connectivity index (χ0v) is 16.6. The van der Waals surface area contributed by atoms with Crippen LogP contribution in [0.3, 0.4) is 0 Å². The molecular formula is C24H27NO4. The second-order valence-corrected chi connectivity index (χ2v) is 6.54. The molecule has 2 N–H and O–H groups in total. The molecular weight excluding hydrogens is 366 g/mol. The second kappa shape index (κ2) is 11.5. The molecule has 1 aromatic rings. The van der Waals surface area contributed by atoms with E-state index in [2.05, 4.69) is 11.9 Å². The van der Waals surface area contributed by atoms with Crippen LogP contribution in [0.15, 0.2) is 90.3 Å². The lowest BCUT2D eigenvalue weighted by Crippen LogP contribution is -2.41. The summed E-state index contributed by atoms with van der Waals surface area (Å²) < 4.78 is 5.41. The third kappa shape index (κ3) is 7.30. The second-order valence-electron chi connectivity index (χ2n) is 6.54. The minimum absolute atomic E-state index is 0.324. The van der Waals surface area contributed by atoms with Gasteiger partial charge in [-0.3, -0.25) is 4.79 Å². The summed E-state index contributed by atoms with van der Waals surface area (Å²) in [5.41, 5.74) is 2.39. The number of hydrogen-bond acceptors (Lipinski definition) is 3.